The van der Waals surface area contributed by atoms with Gasteiger partial charge in [0.15, 0.2) is 11.2 Å². The highest BCUT2D eigenvalue weighted by molar-refractivity contribution is 7.99. The number of benzene rings is 3. The van der Waals surface area contributed by atoms with Gasteiger partial charge in [-0.25, -0.2) is 19.4 Å². The largest absolute Gasteiger partial charge is 0.497 e. The first kappa shape index (κ1) is 61.5. The molecule has 78 heavy (non-hydrogen) atoms. The molecule has 4 N–H and O–H groups in total. The molecule has 3 aromatic carbocycles. The van der Waals surface area contributed by atoms with Crippen molar-refractivity contribution in [3.8, 4) is 5.75 Å². The number of urea groups is 1. The minimum Gasteiger partial charge on any atom is -0.497 e. The number of allylic oxidation sites excluding steroid dienone is 1. The van der Waals surface area contributed by atoms with Crippen molar-refractivity contribution in [1.82, 2.24) is 44.1 Å². The predicted octanol–water partition coefficient (Wildman–Crippen LogP) is 7.59. The number of hydrogen-bond donors (Lipinski definition) is 4. The number of imidazole rings is 1. The van der Waals surface area contributed by atoms with E-state index in [9.17, 15) is 33.9 Å². The zero-order chi connectivity index (χ0) is 57.5. The third-order valence-electron chi connectivity index (χ3n) is 13.8. The molecule has 6 aromatic rings. The van der Waals surface area contributed by atoms with Gasteiger partial charge in [0.25, 0.3) is 5.56 Å². The Morgan fingerprint density at radius 2 is 1.51 bits per heavy atom. The lowest BCUT2D eigenvalue weighted by atomic mass is 9.71. The third kappa shape index (κ3) is 15.0. The van der Waals surface area contributed by atoms with E-state index in [-0.39, 0.29) is 29.2 Å². The molecule has 20 heteroatoms. The van der Waals surface area contributed by atoms with E-state index in [1.54, 1.807) is 31.8 Å². The number of amides is 4. The summed E-state index contributed by atoms with van der Waals surface area (Å²) in [7, 11) is 14.9. The van der Waals surface area contributed by atoms with Gasteiger partial charge in [0, 0.05) is 68.4 Å². The summed E-state index contributed by atoms with van der Waals surface area (Å²) in [6.45, 7) is 11.6. The van der Waals surface area contributed by atoms with Gasteiger partial charge in [0.05, 0.1) is 36.0 Å². The minimum atomic E-state index is -1.19. The zero-order valence-corrected chi connectivity index (χ0v) is 47.5. The Bertz CT molecular complexity index is 3090. The summed E-state index contributed by atoms with van der Waals surface area (Å²) in [4.78, 5) is 85.1. The number of pyridine rings is 1. The first-order valence-corrected chi connectivity index (χ1v) is 26.6. The Labute approximate surface area is 460 Å². The molecule has 3 atom stereocenters. The first-order chi connectivity index (χ1) is 37.0. The molecule has 5 heterocycles. The molecule has 19 nitrogen and oxygen atoms in total. The van der Waals surface area contributed by atoms with Crippen LogP contribution in [0.2, 0.25) is 0 Å². The van der Waals surface area contributed by atoms with Crippen molar-refractivity contribution >= 4 is 58.1 Å². The van der Waals surface area contributed by atoms with Crippen LogP contribution in [0, 0.1) is 17.3 Å². The summed E-state index contributed by atoms with van der Waals surface area (Å²) < 4.78 is 9.33. The molecule has 418 valence electrons. The normalized spacial score (nSPS) is 17.5. The fourth-order valence-electron chi connectivity index (χ4n) is 9.53. The van der Waals surface area contributed by atoms with Crippen LogP contribution in [-0.2, 0) is 36.3 Å². The number of fused-ring (bicyclic) bond motifs is 3. The molecule has 0 radical (unpaired) electrons. The number of aromatic nitrogens is 5. The number of ether oxygens (including phenoxy) is 1. The highest BCUT2D eigenvalue weighted by atomic mass is 32.2. The average Bonchev–Trinajstić information content (AvgIpc) is 3.83. The Morgan fingerprint density at radius 1 is 0.885 bits per heavy atom. The number of barbiturate groups is 1. The number of carbonyl (C=O) groups excluding carboxylic acids is 3. The van der Waals surface area contributed by atoms with Gasteiger partial charge in [0.2, 0.25) is 11.8 Å². The van der Waals surface area contributed by atoms with Crippen LogP contribution in [0.1, 0.15) is 75.2 Å². The van der Waals surface area contributed by atoms with Crippen molar-refractivity contribution in [3.05, 3.63) is 148 Å². The second-order valence-electron chi connectivity index (χ2n) is 20.5. The number of carboxylic acid groups (broad SMARTS) is 1. The van der Waals surface area contributed by atoms with Crippen LogP contribution in [0.15, 0.2) is 136 Å². The smallest absolute Gasteiger partial charge is 0.337 e. The van der Waals surface area contributed by atoms with Crippen LogP contribution in [0.3, 0.4) is 0 Å². The topological polar surface area (TPSA) is 226 Å². The quantitative estimate of drug-likeness (QED) is 0.0684. The lowest BCUT2D eigenvalue weighted by Gasteiger charge is -2.41. The van der Waals surface area contributed by atoms with Gasteiger partial charge in [-0.05, 0) is 121 Å². The molecular weight excluding hydrogens is 1010 g/mol. The van der Waals surface area contributed by atoms with Crippen LogP contribution in [0.25, 0.3) is 11.2 Å². The molecule has 2 aliphatic heterocycles. The second-order valence-corrected chi connectivity index (χ2v) is 21.6. The van der Waals surface area contributed by atoms with Gasteiger partial charge in [-0.2, -0.15) is 0 Å². The number of nitrogens with zero attached hydrogens (tertiary/aromatic N) is 8. The third-order valence-corrected chi connectivity index (χ3v) is 15.0. The van der Waals surface area contributed by atoms with E-state index >= 15 is 0 Å². The molecule has 3 aromatic heterocycles. The Balaban J connectivity index is 0.000000183. The average molecular weight is 1090 g/mol. The number of aliphatic hydroxyl groups is 1. The van der Waals surface area contributed by atoms with Gasteiger partial charge >= 0.3 is 17.7 Å². The number of aryl methyl sites for hydroxylation is 2. The zero-order valence-electron chi connectivity index (χ0n) is 46.7. The number of methoxy groups -OCH3 is 1. The van der Waals surface area contributed by atoms with E-state index in [2.05, 4.69) is 126 Å². The Morgan fingerprint density at radius 3 is 2.04 bits per heavy atom. The summed E-state index contributed by atoms with van der Waals surface area (Å²) >= 11 is 1.87. The lowest BCUT2D eigenvalue weighted by molar-refractivity contribution is -0.145. The molecule has 0 bridgehead atoms. The van der Waals surface area contributed by atoms with Crippen LogP contribution in [0.4, 0.5) is 16.2 Å². The number of anilines is 2. The SMILES string of the molecule is C=CCC1(CC(C)C)C(=O)NC(=O)NC1=O.CC(CN1c2ccccc2Sc2ccccc21)N(C)C.COc1cccc([C@@]2(O)CCCC[C@@H]2CN(C)C)c1.Cn1c(=O)c2c(ncn2C)n(C)c1=O.O=C(O)c1cccnc1. The first-order valence-electron chi connectivity index (χ1n) is 25.8. The standard InChI is InChI=1S/C17H20N2S.C16H25NO2.C11H16N2O3.C8H10N4O2.C6H5NO2/c1-13(18(2)3)12-19-14-8-4-6-10-16(14)20-17-11-7-5-9-15(17)19;1-17(2)12-14-7-4-5-10-16(14,18)13-8-6-9-15(11-13)19-3;1-4-5-11(6-7(2)3)8(14)12-10(16)13-9(11)15;1-10-4-9-6-5(10)7(13)12(3)8(14)11(6)2;8-6(9)5-2-1-3-7-4-5/h4-11,13H,12H2,1-3H3;6,8-9,11,14,18H,4-5,7,10,12H2,1-3H3;4,7H,1,5-6H2,2-3H3,(H2,12,13,14,15,16);4H,1-3H3;1-4H,(H,8,9)/t;14-,16+;;;/m.1.../s1. The van der Waals surface area contributed by atoms with E-state index < -0.39 is 34.8 Å². The number of hydrogen-bond acceptors (Lipinski definition) is 14. The van der Waals surface area contributed by atoms with Gasteiger partial charge in [-0.1, -0.05) is 80.9 Å². The summed E-state index contributed by atoms with van der Waals surface area (Å²) in [5.74, 6) is -0.721. The van der Waals surface area contributed by atoms with Crippen LogP contribution >= 0.6 is 11.8 Å². The van der Waals surface area contributed by atoms with E-state index in [1.807, 2.05) is 49.9 Å². The molecule has 1 aliphatic carbocycles. The highest BCUT2D eigenvalue weighted by Crippen LogP contribution is 2.48. The van der Waals surface area contributed by atoms with E-state index in [0.29, 0.717) is 29.5 Å². The van der Waals surface area contributed by atoms with Crippen molar-refractivity contribution in [1.29, 1.82) is 0 Å². The minimum absolute atomic E-state index is 0.171. The highest BCUT2D eigenvalue weighted by Gasteiger charge is 2.49. The molecule has 3 aliphatic rings. The van der Waals surface area contributed by atoms with E-state index in [4.69, 9.17) is 9.84 Å². The van der Waals surface area contributed by atoms with E-state index in [1.165, 1.54) is 70.1 Å². The molecule has 1 unspecified atom stereocenters. The van der Waals surface area contributed by atoms with Crippen molar-refractivity contribution in [2.45, 2.75) is 80.7 Å². The van der Waals surface area contributed by atoms with Crippen LogP contribution in [-0.4, -0.2) is 122 Å². The summed E-state index contributed by atoms with van der Waals surface area (Å²) in [6, 6.07) is 28.1. The second kappa shape index (κ2) is 27.8. The molecule has 1 saturated heterocycles. The maximum Gasteiger partial charge on any atom is 0.337 e. The molecule has 0 spiro atoms. The number of imide groups is 2. The Hall–Kier alpha value is -7.39. The Kier molecular flexibility index (Phi) is 21.9. The maximum atomic E-state index is 11.8. The van der Waals surface area contributed by atoms with Crippen molar-refractivity contribution in [3.63, 3.8) is 0 Å². The summed E-state index contributed by atoms with van der Waals surface area (Å²) in [5, 5.41) is 23.8. The summed E-state index contributed by atoms with van der Waals surface area (Å²) in [6.07, 6.45) is 10.8. The van der Waals surface area contributed by atoms with Crippen LogP contribution < -0.4 is 31.5 Å². The maximum absolute atomic E-state index is 11.8. The molecule has 2 fully saturated rings. The fraction of sp³-hybridized carbons (Fsp3) is 0.414. The monoisotopic (exact) mass is 1090 g/mol. The summed E-state index contributed by atoms with van der Waals surface area (Å²) in [5.41, 5.74) is 2.14. The van der Waals surface area contributed by atoms with Crippen molar-refractivity contribution in [2.75, 3.05) is 53.3 Å². The number of likely N-dealkylation sites (N-methyl/N-ethyl adjacent to an activating group) is 1. The van der Waals surface area contributed by atoms with Gasteiger partial charge < -0.3 is 34.2 Å². The molecular formula is C58H76N10O9S. The van der Waals surface area contributed by atoms with Crippen molar-refractivity contribution < 1.29 is 34.1 Å². The van der Waals surface area contributed by atoms with Crippen molar-refractivity contribution in [2.24, 2.45) is 38.4 Å². The number of carboxylic acids is 1. The number of nitrogens with one attached hydrogen (secondary N) is 2. The number of para-hydroxylation sites is 2. The fourth-order valence-corrected chi connectivity index (χ4v) is 10.6. The molecule has 9 rings (SSSR count). The van der Waals surface area contributed by atoms with E-state index in [0.717, 1.165) is 48.2 Å². The van der Waals surface area contributed by atoms with Gasteiger partial charge in [-0.15, -0.1) is 6.58 Å². The molecule has 1 saturated carbocycles. The number of carbonyl (C=O) groups is 4. The number of aromatic carboxylic acids is 1. The molecule has 4 amide bonds. The van der Waals surface area contributed by atoms with Gasteiger partial charge in [-0.3, -0.25) is 39.1 Å². The van der Waals surface area contributed by atoms with Crippen LogP contribution in [0.5, 0.6) is 5.75 Å². The number of rotatable bonds is 12. The van der Waals surface area contributed by atoms with Gasteiger partial charge in [0.1, 0.15) is 11.2 Å². The predicted molar refractivity (Wildman–Crippen MR) is 305 cm³/mol. The lowest BCUT2D eigenvalue weighted by Crippen LogP contribution is -2.62.